The van der Waals surface area contributed by atoms with Gasteiger partial charge in [0, 0.05) is 32.6 Å². The Labute approximate surface area is 177 Å². The molecule has 1 aliphatic carbocycles. The molecule has 1 saturated heterocycles. The van der Waals surface area contributed by atoms with Crippen molar-refractivity contribution < 1.29 is 4.42 Å². The number of hydrogen-bond acceptors (Lipinski definition) is 4. The summed E-state index contributed by atoms with van der Waals surface area (Å²) < 4.78 is 5.33. The van der Waals surface area contributed by atoms with Crippen LogP contribution in [0.1, 0.15) is 38.4 Å². The van der Waals surface area contributed by atoms with E-state index in [9.17, 15) is 0 Å². The minimum atomic E-state index is 0. The number of aliphatic imine (C=N–C) groups is 1. The number of hydrogen-bond donors (Lipinski definition) is 2. The lowest BCUT2D eigenvalue weighted by Crippen LogP contribution is -2.40. The maximum absolute atomic E-state index is 5.33. The lowest BCUT2D eigenvalue weighted by Gasteiger charge is -2.22. The Kier molecular flexibility index (Phi) is 7.14. The van der Waals surface area contributed by atoms with Crippen LogP contribution in [0.25, 0.3) is 11.6 Å². The Morgan fingerprint density at radius 1 is 1.33 bits per heavy atom. The third-order valence-corrected chi connectivity index (χ3v) is 5.49. The Balaban J connectivity index is 0.00000210. The molecule has 0 radical (unpaired) electrons. The molecule has 2 atom stereocenters. The largest absolute Gasteiger partial charge is 0.461 e. The molecular weight excluding hydrogens is 455 g/mol. The number of rotatable bonds is 5. The van der Waals surface area contributed by atoms with E-state index < -0.39 is 0 Å². The first-order chi connectivity index (χ1) is 12.8. The molecule has 3 heterocycles. The summed E-state index contributed by atoms with van der Waals surface area (Å²) in [5, 5.41) is 10.7. The maximum atomic E-state index is 5.33. The molecule has 0 bridgehead atoms. The summed E-state index contributed by atoms with van der Waals surface area (Å²) in [6.07, 6.45) is 7.93. The van der Waals surface area contributed by atoms with Crippen LogP contribution in [-0.2, 0) is 6.42 Å². The number of H-pyrrole nitrogens is 1. The van der Waals surface area contributed by atoms with Crippen LogP contribution < -0.4 is 5.32 Å². The molecule has 8 heteroatoms. The molecule has 1 aliphatic heterocycles. The Morgan fingerprint density at radius 2 is 2.11 bits per heavy atom. The number of nitrogens with one attached hydrogen (secondary N) is 2. The van der Waals surface area contributed by atoms with Crippen molar-refractivity contribution in [1.29, 1.82) is 0 Å². The first kappa shape index (κ1) is 20.2. The summed E-state index contributed by atoms with van der Waals surface area (Å²) in [4.78, 5) is 11.8. The van der Waals surface area contributed by atoms with Crippen LogP contribution in [0.3, 0.4) is 0 Å². The van der Waals surface area contributed by atoms with Crippen LogP contribution in [0.15, 0.2) is 27.8 Å². The fourth-order valence-corrected chi connectivity index (χ4v) is 4.20. The molecule has 0 aromatic carbocycles. The molecule has 2 fully saturated rings. The SMILES string of the molecule is CCNC(=NCCc1nc(-c2ccco2)n[nH]1)N1CC2CCCCC2C1.I. The highest BCUT2D eigenvalue weighted by Crippen LogP contribution is 2.35. The fraction of sp³-hybridized carbons (Fsp3) is 0.632. The van der Waals surface area contributed by atoms with Gasteiger partial charge in [0.15, 0.2) is 11.7 Å². The molecule has 2 N–H and O–H groups in total. The smallest absolute Gasteiger partial charge is 0.216 e. The van der Waals surface area contributed by atoms with Crippen molar-refractivity contribution in [3.8, 4) is 11.6 Å². The molecule has 4 rings (SSSR count). The number of guanidine groups is 1. The fourth-order valence-electron chi connectivity index (χ4n) is 4.20. The minimum absolute atomic E-state index is 0. The van der Waals surface area contributed by atoms with E-state index in [0.717, 1.165) is 49.7 Å². The third kappa shape index (κ3) is 4.83. The molecule has 0 spiro atoms. The number of likely N-dealkylation sites (tertiary alicyclic amines) is 1. The second-order valence-electron chi connectivity index (χ2n) is 7.28. The van der Waals surface area contributed by atoms with Gasteiger partial charge in [0.05, 0.1) is 6.26 Å². The van der Waals surface area contributed by atoms with Crippen molar-refractivity contribution in [1.82, 2.24) is 25.4 Å². The van der Waals surface area contributed by atoms with Gasteiger partial charge in [0.2, 0.25) is 5.82 Å². The Hall–Kier alpha value is -1.58. The highest BCUT2D eigenvalue weighted by molar-refractivity contribution is 14.0. The molecule has 2 aliphatic rings. The van der Waals surface area contributed by atoms with E-state index in [1.54, 1.807) is 6.26 Å². The van der Waals surface area contributed by atoms with Crippen molar-refractivity contribution >= 4 is 29.9 Å². The Bertz CT molecular complexity index is 714. The number of fused-ring (bicyclic) bond motifs is 1. The lowest BCUT2D eigenvalue weighted by atomic mass is 9.82. The normalized spacial score (nSPS) is 22.4. The van der Waals surface area contributed by atoms with E-state index in [0.29, 0.717) is 18.1 Å². The predicted molar refractivity (Wildman–Crippen MR) is 116 cm³/mol. The Morgan fingerprint density at radius 3 is 2.78 bits per heavy atom. The topological polar surface area (TPSA) is 82.3 Å². The van der Waals surface area contributed by atoms with Gasteiger partial charge in [-0.15, -0.1) is 24.0 Å². The van der Waals surface area contributed by atoms with Gasteiger partial charge in [-0.1, -0.05) is 12.8 Å². The van der Waals surface area contributed by atoms with Crippen molar-refractivity contribution in [2.75, 3.05) is 26.2 Å². The summed E-state index contributed by atoms with van der Waals surface area (Å²) in [5.41, 5.74) is 0. The van der Waals surface area contributed by atoms with Crippen molar-refractivity contribution in [2.45, 2.75) is 39.0 Å². The summed E-state index contributed by atoms with van der Waals surface area (Å²) >= 11 is 0. The third-order valence-electron chi connectivity index (χ3n) is 5.49. The molecule has 2 unspecified atom stereocenters. The van der Waals surface area contributed by atoms with Crippen LogP contribution >= 0.6 is 24.0 Å². The van der Waals surface area contributed by atoms with E-state index in [1.165, 1.54) is 25.7 Å². The van der Waals surface area contributed by atoms with Gasteiger partial charge in [-0.05, 0) is 43.7 Å². The first-order valence-electron chi connectivity index (χ1n) is 9.82. The predicted octanol–water partition coefficient (Wildman–Crippen LogP) is 3.31. The van der Waals surface area contributed by atoms with Crippen LogP contribution in [0, 0.1) is 11.8 Å². The molecule has 2 aromatic heterocycles. The van der Waals surface area contributed by atoms with E-state index in [1.807, 2.05) is 12.1 Å². The van der Waals surface area contributed by atoms with Crippen molar-refractivity contribution in [3.63, 3.8) is 0 Å². The van der Waals surface area contributed by atoms with Gasteiger partial charge in [-0.2, -0.15) is 5.10 Å². The van der Waals surface area contributed by atoms with Gasteiger partial charge in [-0.3, -0.25) is 10.1 Å². The van der Waals surface area contributed by atoms with E-state index in [4.69, 9.17) is 9.41 Å². The van der Waals surface area contributed by atoms with Gasteiger partial charge in [-0.25, -0.2) is 4.98 Å². The van der Waals surface area contributed by atoms with E-state index >= 15 is 0 Å². The second kappa shape index (κ2) is 9.57. The summed E-state index contributed by atoms with van der Waals surface area (Å²) in [7, 11) is 0. The van der Waals surface area contributed by atoms with Crippen LogP contribution in [0.5, 0.6) is 0 Å². The maximum Gasteiger partial charge on any atom is 0.216 e. The number of aromatic nitrogens is 3. The van der Waals surface area contributed by atoms with Gasteiger partial charge in [0.25, 0.3) is 0 Å². The average molecular weight is 484 g/mol. The molecule has 7 nitrogen and oxygen atoms in total. The van der Waals surface area contributed by atoms with Crippen LogP contribution in [0.2, 0.25) is 0 Å². The molecular formula is C19H29IN6O. The molecule has 0 amide bonds. The summed E-state index contributed by atoms with van der Waals surface area (Å²) in [5.74, 6) is 4.89. The summed E-state index contributed by atoms with van der Waals surface area (Å²) in [6, 6.07) is 3.70. The monoisotopic (exact) mass is 484 g/mol. The molecule has 27 heavy (non-hydrogen) atoms. The number of aromatic amines is 1. The minimum Gasteiger partial charge on any atom is -0.461 e. The molecule has 1 saturated carbocycles. The lowest BCUT2D eigenvalue weighted by molar-refractivity contribution is 0.299. The zero-order valence-corrected chi connectivity index (χ0v) is 18.2. The molecule has 148 valence electrons. The van der Waals surface area contributed by atoms with Gasteiger partial charge >= 0.3 is 0 Å². The highest BCUT2D eigenvalue weighted by Gasteiger charge is 2.35. The number of nitrogens with zero attached hydrogens (tertiary/aromatic N) is 4. The van der Waals surface area contributed by atoms with Gasteiger partial charge in [0.1, 0.15) is 5.82 Å². The molecule has 2 aromatic rings. The van der Waals surface area contributed by atoms with E-state index in [2.05, 4.69) is 32.3 Å². The standard InChI is InChI=1S/C19H28N6O.HI/c1-2-20-19(25-12-14-6-3-4-7-15(14)13-25)21-10-9-17-22-18(24-23-17)16-8-5-11-26-16;/h5,8,11,14-15H,2-4,6-7,9-10,12-13H2,1H3,(H,20,21)(H,22,23,24);1H. The van der Waals surface area contributed by atoms with Crippen molar-refractivity contribution in [2.24, 2.45) is 16.8 Å². The number of furan rings is 1. The van der Waals surface area contributed by atoms with Crippen LogP contribution in [0.4, 0.5) is 0 Å². The zero-order valence-electron chi connectivity index (χ0n) is 15.9. The van der Waals surface area contributed by atoms with E-state index in [-0.39, 0.29) is 24.0 Å². The van der Waals surface area contributed by atoms with Crippen LogP contribution in [-0.4, -0.2) is 52.2 Å². The summed E-state index contributed by atoms with van der Waals surface area (Å²) in [6.45, 7) is 6.03. The first-order valence-corrected chi connectivity index (χ1v) is 9.82. The quantitative estimate of drug-likeness (QED) is 0.387. The average Bonchev–Trinajstić information content (AvgIpc) is 3.39. The zero-order chi connectivity index (χ0) is 17.8. The van der Waals surface area contributed by atoms with Crippen molar-refractivity contribution in [3.05, 3.63) is 24.2 Å². The number of halogens is 1. The van der Waals surface area contributed by atoms with Gasteiger partial charge < -0.3 is 14.6 Å². The second-order valence-corrected chi connectivity index (χ2v) is 7.28. The highest BCUT2D eigenvalue weighted by atomic mass is 127.